The quantitative estimate of drug-likeness (QED) is 0.783. The van der Waals surface area contributed by atoms with Crippen LogP contribution in [0.5, 0.6) is 0 Å². The predicted octanol–water partition coefficient (Wildman–Crippen LogP) is 0.190. The van der Waals surface area contributed by atoms with E-state index in [2.05, 4.69) is 14.9 Å². The molecule has 0 aliphatic carbocycles. The Kier molecular flexibility index (Phi) is 3.07. The lowest BCUT2D eigenvalue weighted by molar-refractivity contribution is 0.569. The van der Waals surface area contributed by atoms with E-state index >= 15 is 0 Å². The first-order valence-electron chi connectivity index (χ1n) is 4.78. The molecule has 0 aromatic carbocycles. The van der Waals surface area contributed by atoms with Gasteiger partial charge in [-0.15, -0.1) is 0 Å². The van der Waals surface area contributed by atoms with Crippen LogP contribution in [0.1, 0.15) is 0 Å². The first-order chi connectivity index (χ1) is 7.68. The lowest BCUT2D eigenvalue weighted by Crippen LogP contribution is -2.27. The van der Waals surface area contributed by atoms with Gasteiger partial charge in [-0.2, -0.15) is 5.10 Å². The van der Waals surface area contributed by atoms with E-state index in [1.54, 1.807) is 0 Å². The van der Waals surface area contributed by atoms with Crippen LogP contribution in [0, 0.1) is 0 Å². The number of nitrogens with zero attached hydrogens (tertiary/aromatic N) is 2. The summed E-state index contributed by atoms with van der Waals surface area (Å²) in [5, 5.41) is 6.09. The Bertz CT molecular complexity index is 516. The maximum atomic E-state index is 11.6. The van der Waals surface area contributed by atoms with E-state index in [0.29, 0.717) is 13.1 Å². The van der Waals surface area contributed by atoms with Crippen LogP contribution in [0.2, 0.25) is 0 Å². The Morgan fingerprint density at radius 2 is 2.12 bits per heavy atom. The monoisotopic (exact) mass is 240 g/mol. The SMILES string of the molecule is O=S(=O)(NCCn1cccc1)c1ccn[nH]1. The molecule has 0 saturated heterocycles. The van der Waals surface area contributed by atoms with Gasteiger partial charge in [0.25, 0.3) is 10.0 Å². The van der Waals surface area contributed by atoms with Crippen LogP contribution in [0.15, 0.2) is 41.8 Å². The molecule has 6 nitrogen and oxygen atoms in total. The van der Waals surface area contributed by atoms with Crippen molar-refractivity contribution >= 4 is 10.0 Å². The summed E-state index contributed by atoms with van der Waals surface area (Å²) in [4.78, 5) is 0. The fourth-order valence-electron chi connectivity index (χ4n) is 1.30. The number of nitrogens with one attached hydrogen (secondary N) is 2. The molecule has 16 heavy (non-hydrogen) atoms. The zero-order chi connectivity index (χ0) is 11.4. The van der Waals surface area contributed by atoms with Crippen molar-refractivity contribution in [1.82, 2.24) is 19.5 Å². The molecule has 0 aliphatic rings. The maximum absolute atomic E-state index is 11.6. The van der Waals surface area contributed by atoms with Crippen LogP contribution < -0.4 is 4.72 Å². The molecule has 0 bridgehead atoms. The standard InChI is InChI=1S/C9H12N4O2S/c14-16(15,9-3-4-10-12-9)11-5-8-13-6-1-2-7-13/h1-4,6-7,11H,5,8H2,(H,10,12). The highest BCUT2D eigenvalue weighted by Crippen LogP contribution is 2.01. The third-order valence-electron chi connectivity index (χ3n) is 2.09. The summed E-state index contributed by atoms with van der Waals surface area (Å²) in [6.45, 7) is 0.941. The Hall–Kier alpha value is -1.60. The van der Waals surface area contributed by atoms with Gasteiger partial charge in [0.1, 0.15) is 0 Å². The van der Waals surface area contributed by atoms with E-state index in [0.717, 1.165) is 0 Å². The Balaban J connectivity index is 1.91. The van der Waals surface area contributed by atoms with Crippen molar-refractivity contribution in [2.45, 2.75) is 11.6 Å². The Morgan fingerprint density at radius 3 is 2.75 bits per heavy atom. The Labute approximate surface area is 93.3 Å². The zero-order valence-electron chi connectivity index (χ0n) is 8.50. The average Bonchev–Trinajstić information content (AvgIpc) is 2.90. The molecule has 0 radical (unpaired) electrons. The molecule has 2 N–H and O–H groups in total. The summed E-state index contributed by atoms with van der Waals surface area (Å²) in [7, 11) is -3.45. The van der Waals surface area contributed by atoms with Gasteiger partial charge in [0.2, 0.25) is 0 Å². The Morgan fingerprint density at radius 1 is 1.38 bits per heavy atom. The number of sulfonamides is 1. The molecule has 7 heteroatoms. The third-order valence-corrected chi connectivity index (χ3v) is 3.48. The van der Waals surface area contributed by atoms with Crippen molar-refractivity contribution < 1.29 is 8.42 Å². The fraction of sp³-hybridized carbons (Fsp3) is 0.222. The van der Waals surface area contributed by atoms with Crippen molar-refractivity contribution in [1.29, 1.82) is 0 Å². The van der Waals surface area contributed by atoms with E-state index in [1.807, 2.05) is 29.1 Å². The van der Waals surface area contributed by atoms with E-state index < -0.39 is 10.0 Å². The van der Waals surface area contributed by atoms with Gasteiger partial charge in [-0.1, -0.05) is 0 Å². The predicted molar refractivity (Wildman–Crippen MR) is 58.2 cm³/mol. The van der Waals surface area contributed by atoms with Gasteiger partial charge in [-0.25, -0.2) is 13.1 Å². The number of H-pyrrole nitrogens is 1. The number of rotatable bonds is 5. The molecular formula is C9H12N4O2S. The van der Waals surface area contributed by atoms with Gasteiger partial charge < -0.3 is 4.57 Å². The van der Waals surface area contributed by atoms with Gasteiger partial charge in [0.05, 0.1) is 6.20 Å². The average molecular weight is 240 g/mol. The molecule has 0 fully saturated rings. The van der Waals surface area contributed by atoms with Crippen LogP contribution in [0.4, 0.5) is 0 Å². The minimum Gasteiger partial charge on any atom is -0.353 e. The lowest BCUT2D eigenvalue weighted by atomic mass is 10.6. The topological polar surface area (TPSA) is 79.8 Å². The normalized spacial score (nSPS) is 11.8. The first-order valence-corrected chi connectivity index (χ1v) is 6.26. The molecule has 2 heterocycles. The lowest BCUT2D eigenvalue weighted by Gasteiger charge is -2.05. The van der Waals surface area contributed by atoms with Crippen LogP contribution in [0.25, 0.3) is 0 Å². The highest BCUT2D eigenvalue weighted by atomic mass is 32.2. The summed E-state index contributed by atoms with van der Waals surface area (Å²) in [5.74, 6) is 0. The molecule has 2 rings (SSSR count). The number of hydrogen-bond donors (Lipinski definition) is 2. The molecule has 0 unspecified atom stereocenters. The largest absolute Gasteiger partial charge is 0.353 e. The third kappa shape index (κ3) is 2.50. The maximum Gasteiger partial charge on any atom is 0.257 e. The smallest absolute Gasteiger partial charge is 0.257 e. The van der Waals surface area contributed by atoms with Crippen molar-refractivity contribution in [3.63, 3.8) is 0 Å². The summed E-state index contributed by atoms with van der Waals surface area (Å²) in [6, 6.07) is 5.20. The molecule has 0 spiro atoms. The number of hydrogen-bond acceptors (Lipinski definition) is 3. The van der Waals surface area contributed by atoms with Gasteiger partial charge in [0, 0.05) is 25.5 Å². The summed E-state index contributed by atoms with van der Waals surface area (Å²) in [6.07, 6.45) is 5.16. The molecule has 0 atom stereocenters. The molecule has 0 saturated carbocycles. The second-order valence-corrected chi connectivity index (χ2v) is 4.97. The van der Waals surface area contributed by atoms with Gasteiger partial charge >= 0.3 is 0 Å². The minimum atomic E-state index is -3.45. The van der Waals surface area contributed by atoms with Gasteiger partial charge in [0.15, 0.2) is 5.03 Å². The highest BCUT2D eigenvalue weighted by Gasteiger charge is 2.13. The van der Waals surface area contributed by atoms with Crippen molar-refractivity contribution in [3.05, 3.63) is 36.8 Å². The minimum absolute atomic E-state index is 0.0833. The van der Waals surface area contributed by atoms with Crippen LogP contribution in [-0.2, 0) is 16.6 Å². The molecule has 2 aromatic rings. The molecule has 0 amide bonds. The van der Waals surface area contributed by atoms with Crippen LogP contribution in [0.3, 0.4) is 0 Å². The zero-order valence-corrected chi connectivity index (χ0v) is 9.31. The van der Waals surface area contributed by atoms with E-state index in [9.17, 15) is 8.42 Å². The summed E-state index contributed by atoms with van der Waals surface area (Å²) < 4.78 is 27.6. The second-order valence-electron chi connectivity index (χ2n) is 3.24. The van der Waals surface area contributed by atoms with Gasteiger partial charge in [-0.05, 0) is 18.2 Å². The molecule has 2 aromatic heterocycles. The summed E-state index contributed by atoms with van der Waals surface area (Å²) in [5.41, 5.74) is 0. The number of aromatic nitrogens is 3. The van der Waals surface area contributed by atoms with Crippen molar-refractivity contribution in [2.75, 3.05) is 6.54 Å². The highest BCUT2D eigenvalue weighted by molar-refractivity contribution is 7.89. The van der Waals surface area contributed by atoms with Gasteiger partial charge in [-0.3, -0.25) is 5.10 Å². The number of aromatic amines is 1. The fourth-order valence-corrected chi connectivity index (χ4v) is 2.23. The van der Waals surface area contributed by atoms with E-state index in [4.69, 9.17) is 0 Å². The first kappa shape index (κ1) is 10.9. The van der Waals surface area contributed by atoms with Crippen molar-refractivity contribution in [3.8, 4) is 0 Å². The molecule has 0 aliphatic heterocycles. The van der Waals surface area contributed by atoms with Crippen LogP contribution in [-0.4, -0.2) is 29.7 Å². The van der Waals surface area contributed by atoms with E-state index in [-0.39, 0.29) is 5.03 Å². The van der Waals surface area contributed by atoms with Crippen molar-refractivity contribution in [2.24, 2.45) is 0 Å². The van der Waals surface area contributed by atoms with Crippen LogP contribution >= 0.6 is 0 Å². The van der Waals surface area contributed by atoms with E-state index in [1.165, 1.54) is 12.3 Å². The molecule has 86 valence electrons. The molecular weight excluding hydrogens is 228 g/mol. The second kappa shape index (κ2) is 4.50. The summed E-state index contributed by atoms with van der Waals surface area (Å²) >= 11 is 0.